The molecule has 0 radical (unpaired) electrons. The molecule has 6 N–H and O–H groups in total. The number of halogens is 4. The van der Waals surface area contributed by atoms with Gasteiger partial charge in [0.05, 0.1) is 0 Å². The zero-order chi connectivity index (χ0) is 20.8. The number of pyridine rings is 1. The lowest BCUT2D eigenvalue weighted by Crippen LogP contribution is -2.47. The minimum Gasteiger partial charge on any atom is -0.370 e. The summed E-state index contributed by atoms with van der Waals surface area (Å²) >= 11 is 0. The Morgan fingerprint density at radius 3 is 2.62 bits per heavy atom. The Labute approximate surface area is 162 Å². The van der Waals surface area contributed by atoms with E-state index in [4.69, 9.17) is 11.5 Å². The maximum Gasteiger partial charge on any atom is 0.431 e. The fourth-order valence-electron chi connectivity index (χ4n) is 3.27. The Morgan fingerprint density at radius 1 is 1.10 bits per heavy atom. The van der Waals surface area contributed by atoms with Crippen LogP contribution in [-0.2, 0) is 12.1 Å². The summed E-state index contributed by atoms with van der Waals surface area (Å²) in [6.07, 6.45) is -0.387. The summed E-state index contributed by atoms with van der Waals surface area (Å²) in [5.41, 5.74) is 10.3. The summed E-state index contributed by atoms with van der Waals surface area (Å²) < 4.78 is 54.0. The molecule has 3 aromatic rings. The molecule has 10 heteroatoms. The second kappa shape index (κ2) is 6.59. The van der Waals surface area contributed by atoms with E-state index in [-0.39, 0.29) is 12.0 Å². The Hall–Kier alpha value is -3.40. The minimum atomic E-state index is -4.70. The van der Waals surface area contributed by atoms with Crippen molar-refractivity contribution in [2.75, 3.05) is 0 Å². The van der Waals surface area contributed by atoms with Crippen LogP contribution in [0.5, 0.6) is 0 Å². The van der Waals surface area contributed by atoms with E-state index in [0.717, 1.165) is 17.0 Å². The van der Waals surface area contributed by atoms with E-state index in [1.54, 1.807) is 18.5 Å². The Balaban J connectivity index is 1.69. The monoisotopic (exact) mass is 404 g/mol. The highest BCUT2D eigenvalue weighted by Gasteiger charge is 2.40. The molecule has 0 spiro atoms. The van der Waals surface area contributed by atoms with Gasteiger partial charge in [0.1, 0.15) is 17.2 Å². The van der Waals surface area contributed by atoms with Crippen LogP contribution in [-0.4, -0.2) is 22.1 Å². The number of hydrogen-bond donors (Lipinski definition) is 4. The van der Waals surface area contributed by atoms with Crippen molar-refractivity contribution >= 4 is 17.0 Å². The van der Waals surface area contributed by atoms with Crippen LogP contribution >= 0.6 is 0 Å². The number of rotatable bonds is 3. The number of fused-ring (bicyclic) bond motifs is 1. The molecule has 3 heterocycles. The van der Waals surface area contributed by atoms with E-state index in [1.165, 1.54) is 12.1 Å². The predicted molar refractivity (Wildman–Crippen MR) is 100 cm³/mol. The Kier molecular flexibility index (Phi) is 4.30. The third-order valence-electron chi connectivity index (χ3n) is 4.68. The van der Waals surface area contributed by atoms with E-state index in [0.29, 0.717) is 17.3 Å². The molecule has 0 saturated carbocycles. The van der Waals surface area contributed by atoms with Gasteiger partial charge < -0.3 is 16.0 Å². The number of guanidine groups is 1. The maximum atomic E-state index is 14.8. The van der Waals surface area contributed by atoms with Crippen molar-refractivity contribution in [2.45, 2.75) is 18.3 Å². The van der Waals surface area contributed by atoms with Crippen molar-refractivity contribution in [1.82, 2.24) is 15.3 Å². The number of aromatic nitrogens is 2. The molecular formula is C19H16F4N6. The molecule has 2 aromatic heterocycles. The number of nitrogens with zero attached hydrogens (tertiary/aromatic N) is 2. The molecule has 0 bridgehead atoms. The van der Waals surface area contributed by atoms with Gasteiger partial charge in [-0.2, -0.15) is 13.2 Å². The Bertz CT molecular complexity index is 1150. The maximum absolute atomic E-state index is 14.8. The Morgan fingerprint density at radius 2 is 1.90 bits per heavy atom. The highest BCUT2D eigenvalue weighted by atomic mass is 19.4. The summed E-state index contributed by atoms with van der Waals surface area (Å²) in [7, 11) is 0. The fourth-order valence-corrected chi connectivity index (χ4v) is 3.27. The molecule has 0 aliphatic carbocycles. The molecule has 1 unspecified atom stereocenters. The number of benzene rings is 1. The molecule has 0 fully saturated rings. The first-order valence-corrected chi connectivity index (χ1v) is 8.57. The van der Waals surface area contributed by atoms with Crippen molar-refractivity contribution in [2.24, 2.45) is 16.5 Å². The van der Waals surface area contributed by atoms with Crippen LogP contribution in [0.15, 0.2) is 59.5 Å². The van der Waals surface area contributed by atoms with E-state index in [2.05, 4.69) is 15.0 Å². The van der Waals surface area contributed by atoms with Crippen LogP contribution in [0.4, 0.5) is 17.6 Å². The number of alkyl halides is 3. The number of aromatic amines is 1. The van der Waals surface area contributed by atoms with Gasteiger partial charge in [-0.3, -0.25) is 5.73 Å². The standard InChI is InChI=1S/C19H16F4N6/c20-14-8-12(18(25)9-15(19(21,22)23)28-17(24)29-18)2-1-11(14)7-10-3-5-26-16-13(10)4-6-27-16/h1-6,8-9H,7,25H2,(H,26,27)(H3,24,28,29). The summed E-state index contributed by atoms with van der Waals surface area (Å²) in [6.45, 7) is 0. The number of nitrogens with two attached hydrogens (primary N) is 2. The van der Waals surface area contributed by atoms with Gasteiger partial charge in [-0.15, -0.1) is 0 Å². The first-order chi connectivity index (χ1) is 13.7. The SMILES string of the molecule is NC1=NC(N)(c2ccc(Cc3ccnc4[nH]ccc34)c(F)c2)C=C(C(F)(F)F)N1. The predicted octanol–water partition coefficient (Wildman–Crippen LogP) is 2.77. The van der Waals surface area contributed by atoms with Gasteiger partial charge in [-0.05, 0) is 35.4 Å². The van der Waals surface area contributed by atoms with Crippen molar-refractivity contribution in [3.05, 3.63) is 77.0 Å². The average molecular weight is 404 g/mol. The molecule has 0 saturated heterocycles. The molecule has 1 aliphatic rings. The molecule has 29 heavy (non-hydrogen) atoms. The first kappa shape index (κ1) is 18.9. The van der Waals surface area contributed by atoms with Crippen LogP contribution in [0.25, 0.3) is 11.0 Å². The number of hydrogen-bond acceptors (Lipinski definition) is 5. The topological polar surface area (TPSA) is 105 Å². The summed E-state index contributed by atoms with van der Waals surface area (Å²) in [6, 6.07) is 7.63. The summed E-state index contributed by atoms with van der Waals surface area (Å²) in [5.74, 6) is -1.11. The van der Waals surface area contributed by atoms with Gasteiger partial charge in [0.15, 0.2) is 11.6 Å². The van der Waals surface area contributed by atoms with Crippen molar-refractivity contribution < 1.29 is 17.6 Å². The van der Waals surface area contributed by atoms with Gasteiger partial charge in [-0.1, -0.05) is 12.1 Å². The zero-order valence-electron chi connectivity index (χ0n) is 14.9. The normalized spacial score (nSPS) is 19.6. The minimum absolute atomic E-state index is 0.0477. The van der Waals surface area contributed by atoms with Crippen LogP contribution in [0.3, 0.4) is 0 Å². The molecule has 150 valence electrons. The van der Waals surface area contributed by atoms with Crippen LogP contribution in [0.2, 0.25) is 0 Å². The lowest BCUT2D eigenvalue weighted by Gasteiger charge is -2.29. The van der Waals surface area contributed by atoms with Gasteiger partial charge >= 0.3 is 6.18 Å². The molecule has 0 amide bonds. The largest absolute Gasteiger partial charge is 0.431 e. The molecule has 1 aliphatic heterocycles. The molecule has 1 aromatic carbocycles. The summed E-state index contributed by atoms with van der Waals surface area (Å²) in [5, 5.41) is 2.80. The van der Waals surface area contributed by atoms with Crippen LogP contribution in [0, 0.1) is 5.82 Å². The van der Waals surface area contributed by atoms with Gasteiger partial charge in [-0.25, -0.2) is 14.4 Å². The number of allylic oxidation sites excluding steroid dienone is 1. The highest BCUT2D eigenvalue weighted by Crippen LogP contribution is 2.33. The fraction of sp³-hybridized carbons (Fsp3) is 0.158. The number of nitrogens with one attached hydrogen (secondary N) is 2. The van der Waals surface area contributed by atoms with Crippen molar-refractivity contribution in [3.63, 3.8) is 0 Å². The molecular weight excluding hydrogens is 388 g/mol. The molecule has 4 rings (SSSR count). The molecule has 1 atom stereocenters. The summed E-state index contributed by atoms with van der Waals surface area (Å²) in [4.78, 5) is 11.0. The van der Waals surface area contributed by atoms with Gasteiger partial charge in [0.25, 0.3) is 0 Å². The lowest BCUT2D eigenvalue weighted by molar-refractivity contribution is -0.0959. The number of aliphatic imine (C=N–C) groups is 1. The van der Waals surface area contributed by atoms with Crippen LogP contribution < -0.4 is 16.8 Å². The second-order valence-corrected chi connectivity index (χ2v) is 6.70. The lowest BCUT2D eigenvalue weighted by atomic mass is 9.95. The second-order valence-electron chi connectivity index (χ2n) is 6.70. The number of H-pyrrole nitrogens is 1. The van der Waals surface area contributed by atoms with Crippen molar-refractivity contribution in [3.8, 4) is 0 Å². The quantitative estimate of drug-likeness (QED) is 0.504. The van der Waals surface area contributed by atoms with Gasteiger partial charge in [0.2, 0.25) is 0 Å². The van der Waals surface area contributed by atoms with E-state index in [1.807, 2.05) is 11.4 Å². The van der Waals surface area contributed by atoms with E-state index in [9.17, 15) is 17.6 Å². The molecule has 6 nitrogen and oxygen atoms in total. The van der Waals surface area contributed by atoms with Crippen LogP contribution in [0.1, 0.15) is 16.7 Å². The first-order valence-electron chi connectivity index (χ1n) is 8.57. The third-order valence-corrected chi connectivity index (χ3v) is 4.68. The zero-order valence-corrected chi connectivity index (χ0v) is 14.9. The van der Waals surface area contributed by atoms with Crippen molar-refractivity contribution in [1.29, 1.82) is 0 Å². The smallest absolute Gasteiger partial charge is 0.370 e. The van der Waals surface area contributed by atoms with Gasteiger partial charge in [0, 0.05) is 29.8 Å². The van der Waals surface area contributed by atoms with E-state index >= 15 is 0 Å². The average Bonchev–Trinajstić information content (AvgIpc) is 3.11. The van der Waals surface area contributed by atoms with E-state index < -0.39 is 29.3 Å². The highest BCUT2D eigenvalue weighted by molar-refractivity contribution is 5.82. The third kappa shape index (κ3) is 3.54.